The van der Waals surface area contributed by atoms with E-state index in [0.717, 1.165) is 25.3 Å². The van der Waals surface area contributed by atoms with Gasteiger partial charge in [0, 0.05) is 24.9 Å². The van der Waals surface area contributed by atoms with Gasteiger partial charge < -0.3 is 5.32 Å². The van der Waals surface area contributed by atoms with Crippen molar-refractivity contribution in [1.29, 1.82) is 0 Å². The molecule has 0 radical (unpaired) electrons. The Bertz CT molecular complexity index is 619. The fraction of sp³-hybridized carbons (Fsp3) is 0.625. The zero-order chi connectivity index (χ0) is 16.3. The van der Waals surface area contributed by atoms with Crippen molar-refractivity contribution in [1.82, 2.24) is 5.32 Å². The summed E-state index contributed by atoms with van der Waals surface area (Å²) in [5.74, 6) is -1.30. The Morgan fingerprint density at radius 3 is 2.59 bits per heavy atom. The molecule has 124 valence electrons. The van der Waals surface area contributed by atoms with Gasteiger partial charge in [-0.15, -0.1) is 0 Å². The normalized spacial score (nSPS) is 24.2. The van der Waals surface area contributed by atoms with E-state index in [4.69, 9.17) is 0 Å². The molecule has 1 saturated carbocycles. The van der Waals surface area contributed by atoms with Crippen molar-refractivity contribution in [2.24, 2.45) is 0 Å². The Kier molecular flexibility index (Phi) is 5.55. The van der Waals surface area contributed by atoms with Crippen LogP contribution in [0.3, 0.4) is 0 Å². The van der Waals surface area contributed by atoms with Crippen LogP contribution in [0.2, 0.25) is 0 Å². The second-order valence-corrected chi connectivity index (χ2v) is 8.50. The van der Waals surface area contributed by atoms with Crippen LogP contribution in [0, 0.1) is 11.6 Å². The Hall–Kier alpha value is -1.01. The third kappa shape index (κ3) is 4.26. The van der Waals surface area contributed by atoms with Gasteiger partial charge in [-0.3, -0.25) is 0 Å². The monoisotopic (exact) mass is 331 g/mol. The maximum Gasteiger partial charge on any atom is 0.151 e. The number of hydrogen-bond acceptors (Lipinski definition) is 3. The first-order valence-electron chi connectivity index (χ1n) is 7.66. The number of sulfone groups is 1. The molecule has 0 amide bonds. The van der Waals surface area contributed by atoms with Crippen LogP contribution >= 0.6 is 0 Å². The van der Waals surface area contributed by atoms with Crippen LogP contribution in [0.25, 0.3) is 0 Å². The quantitative estimate of drug-likeness (QED) is 0.902. The lowest BCUT2D eigenvalue weighted by atomic mass is 9.93. The summed E-state index contributed by atoms with van der Waals surface area (Å²) in [5, 5.41) is 2.91. The third-order valence-corrected chi connectivity index (χ3v) is 6.10. The lowest BCUT2D eigenvalue weighted by molar-refractivity contribution is 0.364. The van der Waals surface area contributed by atoms with Crippen LogP contribution in [0.5, 0.6) is 0 Å². The van der Waals surface area contributed by atoms with Gasteiger partial charge in [-0.05, 0) is 30.4 Å². The highest BCUT2D eigenvalue weighted by Gasteiger charge is 2.32. The summed E-state index contributed by atoms with van der Waals surface area (Å²) >= 11 is 0. The predicted octanol–water partition coefficient (Wildman–Crippen LogP) is 3.01. The number of benzene rings is 1. The molecule has 2 rings (SSSR count). The van der Waals surface area contributed by atoms with Crippen LogP contribution in [-0.4, -0.2) is 32.5 Å². The topological polar surface area (TPSA) is 46.2 Å². The van der Waals surface area contributed by atoms with Crippen LogP contribution in [0.15, 0.2) is 18.2 Å². The summed E-state index contributed by atoms with van der Waals surface area (Å²) in [6.45, 7) is 2.32. The van der Waals surface area contributed by atoms with Gasteiger partial charge in [0.15, 0.2) is 9.84 Å². The summed E-state index contributed by atoms with van der Waals surface area (Å²) in [4.78, 5) is 0. The SMILES string of the molecule is CC(CNC1CCCCC1S(C)(=O)=O)c1ccc(F)cc1F. The Morgan fingerprint density at radius 1 is 1.27 bits per heavy atom. The first kappa shape index (κ1) is 17.3. The zero-order valence-corrected chi connectivity index (χ0v) is 13.8. The molecule has 22 heavy (non-hydrogen) atoms. The Labute approximate surface area is 131 Å². The molecule has 1 aromatic rings. The van der Waals surface area contributed by atoms with Gasteiger partial charge in [-0.1, -0.05) is 25.8 Å². The minimum Gasteiger partial charge on any atom is -0.312 e. The van der Waals surface area contributed by atoms with E-state index in [1.807, 2.05) is 6.92 Å². The van der Waals surface area contributed by atoms with E-state index < -0.39 is 21.5 Å². The Balaban J connectivity index is 2.01. The molecule has 0 heterocycles. The van der Waals surface area contributed by atoms with Gasteiger partial charge in [-0.25, -0.2) is 17.2 Å². The van der Waals surface area contributed by atoms with Crippen LogP contribution in [0.1, 0.15) is 44.1 Å². The summed E-state index contributed by atoms with van der Waals surface area (Å²) in [7, 11) is -3.09. The largest absolute Gasteiger partial charge is 0.312 e. The molecule has 1 aliphatic rings. The number of rotatable bonds is 5. The molecular weight excluding hydrogens is 308 g/mol. The van der Waals surface area contributed by atoms with E-state index in [1.165, 1.54) is 18.4 Å². The van der Waals surface area contributed by atoms with Gasteiger partial charge >= 0.3 is 0 Å². The molecular formula is C16H23F2NO2S. The van der Waals surface area contributed by atoms with Crippen molar-refractivity contribution in [3.05, 3.63) is 35.4 Å². The molecule has 0 spiro atoms. The van der Waals surface area contributed by atoms with E-state index in [9.17, 15) is 17.2 Å². The zero-order valence-electron chi connectivity index (χ0n) is 13.0. The van der Waals surface area contributed by atoms with E-state index in [-0.39, 0.29) is 17.2 Å². The second-order valence-electron chi connectivity index (χ2n) is 6.23. The Morgan fingerprint density at radius 2 is 1.95 bits per heavy atom. The number of hydrogen-bond donors (Lipinski definition) is 1. The third-order valence-electron chi connectivity index (χ3n) is 4.43. The molecule has 1 fully saturated rings. The van der Waals surface area contributed by atoms with Crippen molar-refractivity contribution < 1.29 is 17.2 Å². The maximum atomic E-state index is 13.8. The van der Waals surface area contributed by atoms with Crippen LogP contribution in [0.4, 0.5) is 8.78 Å². The van der Waals surface area contributed by atoms with E-state index in [0.29, 0.717) is 18.5 Å². The lowest BCUT2D eigenvalue weighted by Crippen LogP contribution is -2.47. The molecule has 0 saturated heterocycles. The van der Waals surface area contributed by atoms with Gasteiger partial charge in [0.05, 0.1) is 5.25 Å². The van der Waals surface area contributed by atoms with Gasteiger partial charge in [0.2, 0.25) is 0 Å². The molecule has 0 bridgehead atoms. The highest BCUT2D eigenvalue weighted by atomic mass is 32.2. The van der Waals surface area contributed by atoms with E-state index in [2.05, 4.69) is 5.32 Å². The first-order valence-corrected chi connectivity index (χ1v) is 9.61. The fourth-order valence-corrected chi connectivity index (χ4v) is 4.61. The minimum atomic E-state index is -3.09. The maximum absolute atomic E-state index is 13.8. The van der Waals surface area contributed by atoms with Crippen LogP contribution in [-0.2, 0) is 9.84 Å². The average molecular weight is 331 g/mol. The number of nitrogens with one attached hydrogen (secondary N) is 1. The fourth-order valence-electron chi connectivity index (χ4n) is 3.18. The van der Waals surface area contributed by atoms with E-state index >= 15 is 0 Å². The highest BCUT2D eigenvalue weighted by molar-refractivity contribution is 7.91. The summed E-state index contributed by atoms with van der Waals surface area (Å²) in [5.41, 5.74) is 0.445. The average Bonchev–Trinajstić information content (AvgIpc) is 2.44. The van der Waals surface area contributed by atoms with Gasteiger partial charge in [0.1, 0.15) is 11.6 Å². The minimum absolute atomic E-state index is 0.0882. The highest BCUT2D eigenvalue weighted by Crippen LogP contribution is 2.25. The molecule has 3 unspecified atom stereocenters. The summed E-state index contributed by atoms with van der Waals surface area (Å²) in [6, 6.07) is 3.49. The van der Waals surface area contributed by atoms with Crippen molar-refractivity contribution in [2.75, 3.05) is 12.8 Å². The molecule has 3 nitrogen and oxygen atoms in total. The van der Waals surface area contributed by atoms with Crippen LogP contribution < -0.4 is 5.32 Å². The summed E-state index contributed by atoms with van der Waals surface area (Å²) < 4.78 is 50.4. The van der Waals surface area contributed by atoms with Crippen molar-refractivity contribution in [2.45, 2.75) is 49.8 Å². The second kappa shape index (κ2) is 7.04. The standard InChI is InChI=1S/C16H23F2NO2S/c1-11(13-8-7-12(17)9-14(13)18)10-19-15-5-3-4-6-16(15)22(2,20)21/h7-9,11,15-16,19H,3-6,10H2,1-2H3. The van der Waals surface area contributed by atoms with Crippen molar-refractivity contribution >= 4 is 9.84 Å². The molecule has 1 aromatic carbocycles. The molecule has 3 atom stereocenters. The predicted molar refractivity (Wildman–Crippen MR) is 83.7 cm³/mol. The summed E-state index contributed by atoms with van der Waals surface area (Å²) in [6.07, 6.45) is 4.70. The van der Waals surface area contributed by atoms with Gasteiger partial charge in [-0.2, -0.15) is 0 Å². The molecule has 1 aliphatic carbocycles. The molecule has 0 aliphatic heterocycles. The molecule has 0 aromatic heterocycles. The first-order chi connectivity index (χ1) is 10.3. The smallest absolute Gasteiger partial charge is 0.151 e. The lowest BCUT2D eigenvalue weighted by Gasteiger charge is -2.32. The van der Waals surface area contributed by atoms with Gasteiger partial charge in [0.25, 0.3) is 0 Å². The van der Waals surface area contributed by atoms with E-state index in [1.54, 1.807) is 0 Å². The molecule has 1 N–H and O–H groups in total. The molecule has 6 heteroatoms. The number of halogens is 2. The van der Waals surface area contributed by atoms with Crippen molar-refractivity contribution in [3.63, 3.8) is 0 Å². The van der Waals surface area contributed by atoms with Crippen molar-refractivity contribution in [3.8, 4) is 0 Å².